The number of anilines is 1. The number of piperidine rings is 1. The molecule has 3 atom stereocenters. The SMILES string of the molecule is CCc1cnc(N2CCC(NC3CCCCC3)C(OC)C2)c(C(=O)NC(C)NC)c1. The van der Waals surface area contributed by atoms with Gasteiger partial charge in [0.25, 0.3) is 5.91 Å². The Hall–Kier alpha value is -1.70. The van der Waals surface area contributed by atoms with Gasteiger partial charge in [0.1, 0.15) is 5.82 Å². The number of aromatic nitrogens is 1. The first-order valence-electron chi connectivity index (χ1n) is 11.6. The molecule has 168 valence electrons. The first kappa shape index (κ1) is 23.0. The third kappa shape index (κ3) is 5.71. The predicted molar refractivity (Wildman–Crippen MR) is 121 cm³/mol. The van der Waals surface area contributed by atoms with Crippen molar-refractivity contribution < 1.29 is 9.53 Å². The smallest absolute Gasteiger partial charge is 0.256 e. The largest absolute Gasteiger partial charge is 0.378 e. The molecule has 7 heteroatoms. The van der Waals surface area contributed by atoms with Gasteiger partial charge in [0, 0.05) is 38.5 Å². The molecule has 7 nitrogen and oxygen atoms in total. The standard InChI is InChI=1S/C23H39N5O2/c1-5-17-13-19(23(29)26-16(2)24-3)22(25-14-17)28-12-11-20(21(15-28)30-4)27-18-9-7-6-8-10-18/h13-14,16,18,20-21,24,27H,5-12,15H2,1-4H3,(H,26,29). The Morgan fingerprint density at radius 1 is 1.30 bits per heavy atom. The van der Waals surface area contributed by atoms with Crippen molar-refractivity contribution in [3.05, 3.63) is 23.4 Å². The molecule has 30 heavy (non-hydrogen) atoms. The van der Waals surface area contributed by atoms with Crippen molar-refractivity contribution in [1.29, 1.82) is 0 Å². The fraction of sp³-hybridized carbons (Fsp3) is 0.739. The zero-order valence-electron chi connectivity index (χ0n) is 19.0. The lowest BCUT2D eigenvalue weighted by atomic mass is 9.92. The molecular formula is C23H39N5O2. The van der Waals surface area contributed by atoms with Gasteiger partial charge in [0.15, 0.2) is 0 Å². The van der Waals surface area contributed by atoms with Crippen LogP contribution in [0.15, 0.2) is 12.3 Å². The zero-order valence-corrected chi connectivity index (χ0v) is 19.0. The van der Waals surface area contributed by atoms with E-state index in [0.717, 1.165) is 37.3 Å². The van der Waals surface area contributed by atoms with Crippen LogP contribution in [-0.4, -0.2) is 62.5 Å². The van der Waals surface area contributed by atoms with Crippen LogP contribution in [0.5, 0.6) is 0 Å². The van der Waals surface area contributed by atoms with E-state index in [1.54, 1.807) is 7.11 Å². The average Bonchev–Trinajstić information content (AvgIpc) is 2.79. The molecule has 2 heterocycles. The van der Waals surface area contributed by atoms with E-state index in [1.807, 2.05) is 26.2 Å². The van der Waals surface area contributed by atoms with Crippen LogP contribution in [-0.2, 0) is 11.2 Å². The molecule has 1 aromatic rings. The quantitative estimate of drug-likeness (QED) is 0.564. The summed E-state index contributed by atoms with van der Waals surface area (Å²) in [4.78, 5) is 19.9. The highest BCUT2D eigenvalue weighted by Gasteiger charge is 2.33. The van der Waals surface area contributed by atoms with Crippen molar-refractivity contribution in [3.8, 4) is 0 Å². The van der Waals surface area contributed by atoms with E-state index < -0.39 is 0 Å². The number of methoxy groups -OCH3 is 1. The lowest BCUT2D eigenvalue weighted by Crippen LogP contribution is -2.56. The van der Waals surface area contributed by atoms with E-state index in [-0.39, 0.29) is 18.2 Å². The maximum Gasteiger partial charge on any atom is 0.256 e. The van der Waals surface area contributed by atoms with Gasteiger partial charge in [-0.05, 0) is 51.3 Å². The molecule has 3 N–H and O–H groups in total. The van der Waals surface area contributed by atoms with Crippen LogP contribution in [0.2, 0.25) is 0 Å². The summed E-state index contributed by atoms with van der Waals surface area (Å²) in [5.41, 5.74) is 1.71. The minimum absolute atomic E-state index is 0.0838. The maximum absolute atomic E-state index is 13.0. The Labute approximate surface area is 181 Å². The van der Waals surface area contributed by atoms with Crippen LogP contribution in [0.1, 0.15) is 68.3 Å². The highest BCUT2D eigenvalue weighted by Crippen LogP contribution is 2.26. The van der Waals surface area contributed by atoms with Crippen LogP contribution in [0.25, 0.3) is 0 Å². The van der Waals surface area contributed by atoms with Gasteiger partial charge < -0.3 is 25.6 Å². The van der Waals surface area contributed by atoms with E-state index in [4.69, 9.17) is 9.72 Å². The number of amides is 1. The number of hydrogen-bond donors (Lipinski definition) is 3. The third-order valence-corrected chi connectivity index (χ3v) is 6.57. The van der Waals surface area contributed by atoms with Crippen LogP contribution < -0.4 is 20.9 Å². The number of hydrogen-bond acceptors (Lipinski definition) is 6. The zero-order chi connectivity index (χ0) is 21.5. The van der Waals surface area contributed by atoms with Crippen molar-refractivity contribution in [2.75, 3.05) is 32.1 Å². The first-order valence-corrected chi connectivity index (χ1v) is 11.6. The van der Waals surface area contributed by atoms with Gasteiger partial charge in [-0.1, -0.05) is 26.2 Å². The van der Waals surface area contributed by atoms with Crippen LogP contribution in [0, 0.1) is 0 Å². The summed E-state index contributed by atoms with van der Waals surface area (Å²) in [6.07, 6.45) is 10.3. The van der Waals surface area contributed by atoms with E-state index >= 15 is 0 Å². The number of nitrogens with one attached hydrogen (secondary N) is 3. The van der Waals surface area contributed by atoms with Crippen molar-refractivity contribution in [3.63, 3.8) is 0 Å². The summed E-state index contributed by atoms with van der Waals surface area (Å²) < 4.78 is 5.88. The van der Waals surface area contributed by atoms with Crippen molar-refractivity contribution in [2.24, 2.45) is 0 Å². The fourth-order valence-electron chi connectivity index (χ4n) is 4.57. The molecule has 0 radical (unpaired) electrons. The lowest BCUT2D eigenvalue weighted by molar-refractivity contribution is 0.0533. The van der Waals surface area contributed by atoms with Gasteiger partial charge in [-0.3, -0.25) is 4.79 Å². The number of pyridine rings is 1. The van der Waals surface area contributed by atoms with Gasteiger partial charge >= 0.3 is 0 Å². The van der Waals surface area contributed by atoms with Gasteiger partial charge in [-0.25, -0.2) is 4.98 Å². The molecule has 1 amide bonds. The summed E-state index contributed by atoms with van der Waals surface area (Å²) in [6, 6.07) is 2.94. The first-order chi connectivity index (χ1) is 14.5. The lowest BCUT2D eigenvalue weighted by Gasteiger charge is -2.41. The molecule has 0 bridgehead atoms. The number of ether oxygens (including phenoxy) is 1. The van der Waals surface area contributed by atoms with Gasteiger partial charge in [-0.2, -0.15) is 0 Å². The summed E-state index contributed by atoms with van der Waals surface area (Å²) in [5.74, 6) is 0.664. The Kier molecular flexibility index (Phi) is 8.48. The van der Waals surface area contributed by atoms with E-state index in [9.17, 15) is 4.79 Å². The molecule has 2 fully saturated rings. The minimum Gasteiger partial charge on any atom is -0.378 e. The predicted octanol–water partition coefficient (Wildman–Crippen LogP) is 2.46. The molecule has 0 spiro atoms. The normalized spacial score (nSPS) is 23.9. The molecule has 3 unspecified atom stereocenters. The minimum atomic E-state index is -0.104. The number of nitrogens with zero attached hydrogens (tertiary/aromatic N) is 2. The molecule has 1 aliphatic carbocycles. The molecule has 1 saturated carbocycles. The Morgan fingerprint density at radius 3 is 2.73 bits per heavy atom. The topological polar surface area (TPSA) is 78.5 Å². The fourth-order valence-corrected chi connectivity index (χ4v) is 4.57. The second-order valence-electron chi connectivity index (χ2n) is 8.67. The highest BCUT2D eigenvalue weighted by molar-refractivity contribution is 5.99. The molecule has 3 rings (SSSR count). The Balaban J connectivity index is 1.74. The van der Waals surface area contributed by atoms with Crippen molar-refractivity contribution >= 4 is 11.7 Å². The molecule has 2 aliphatic rings. The monoisotopic (exact) mass is 417 g/mol. The van der Waals surface area contributed by atoms with Crippen LogP contribution in [0.4, 0.5) is 5.82 Å². The van der Waals surface area contributed by atoms with Gasteiger partial charge in [0.2, 0.25) is 0 Å². The molecular weight excluding hydrogens is 378 g/mol. The average molecular weight is 418 g/mol. The van der Waals surface area contributed by atoms with E-state index in [1.165, 1.54) is 32.1 Å². The van der Waals surface area contributed by atoms with E-state index in [2.05, 4.69) is 27.8 Å². The Morgan fingerprint density at radius 2 is 2.07 bits per heavy atom. The van der Waals surface area contributed by atoms with Crippen LogP contribution in [0.3, 0.4) is 0 Å². The number of carbonyl (C=O) groups is 1. The van der Waals surface area contributed by atoms with Gasteiger partial charge in [0.05, 0.1) is 17.8 Å². The summed E-state index contributed by atoms with van der Waals surface area (Å²) in [6.45, 7) is 5.61. The molecule has 1 saturated heterocycles. The second-order valence-corrected chi connectivity index (χ2v) is 8.67. The number of aryl methyl sites for hydroxylation is 1. The van der Waals surface area contributed by atoms with Crippen molar-refractivity contribution in [2.45, 2.75) is 83.1 Å². The highest BCUT2D eigenvalue weighted by atomic mass is 16.5. The Bertz CT molecular complexity index is 692. The second kappa shape index (κ2) is 11.1. The summed E-state index contributed by atoms with van der Waals surface area (Å²) in [5, 5.41) is 9.92. The summed E-state index contributed by atoms with van der Waals surface area (Å²) in [7, 11) is 3.62. The van der Waals surface area contributed by atoms with Gasteiger partial charge in [-0.15, -0.1) is 0 Å². The number of carbonyl (C=O) groups excluding carboxylic acids is 1. The maximum atomic E-state index is 13.0. The number of rotatable bonds is 8. The molecule has 1 aromatic heterocycles. The summed E-state index contributed by atoms with van der Waals surface area (Å²) >= 11 is 0. The molecule has 1 aliphatic heterocycles. The third-order valence-electron chi connectivity index (χ3n) is 6.57. The molecule has 0 aromatic carbocycles. The van der Waals surface area contributed by atoms with Crippen LogP contribution >= 0.6 is 0 Å². The van der Waals surface area contributed by atoms with Crippen molar-refractivity contribution in [1.82, 2.24) is 20.9 Å². The van der Waals surface area contributed by atoms with E-state index in [0.29, 0.717) is 17.6 Å².